The van der Waals surface area contributed by atoms with E-state index in [4.69, 9.17) is 0 Å². The molecule has 3 rings (SSSR count). The summed E-state index contributed by atoms with van der Waals surface area (Å²) in [6, 6.07) is 10.2. The summed E-state index contributed by atoms with van der Waals surface area (Å²) in [6.07, 6.45) is 0.919. The first-order valence-electron chi connectivity index (χ1n) is 6.27. The highest BCUT2D eigenvalue weighted by atomic mass is 79.9. The lowest BCUT2D eigenvalue weighted by molar-refractivity contribution is -0.118. The number of hydrogen-bond donors (Lipinski definition) is 0. The quantitative estimate of drug-likeness (QED) is 0.797. The van der Waals surface area contributed by atoms with Crippen molar-refractivity contribution in [2.75, 3.05) is 31.1 Å². The van der Waals surface area contributed by atoms with E-state index in [0.717, 1.165) is 53.8 Å². The van der Waals surface area contributed by atoms with Crippen LogP contribution in [0, 0.1) is 0 Å². The van der Waals surface area contributed by atoms with Crippen LogP contribution in [0.1, 0.15) is 0 Å². The van der Waals surface area contributed by atoms with Crippen LogP contribution in [0.15, 0.2) is 34.8 Å². The van der Waals surface area contributed by atoms with Crippen molar-refractivity contribution in [1.29, 1.82) is 0 Å². The fraction of sp³-hybridized carbons (Fsp3) is 0.286. The van der Waals surface area contributed by atoms with Crippen molar-refractivity contribution in [3.8, 4) is 0 Å². The maximum atomic E-state index is 10.7. The van der Waals surface area contributed by atoms with E-state index in [0.29, 0.717) is 0 Å². The summed E-state index contributed by atoms with van der Waals surface area (Å²) in [5, 5.41) is 1.13. The van der Waals surface area contributed by atoms with Gasteiger partial charge in [0.2, 0.25) is 6.41 Å². The molecule has 0 spiro atoms. The van der Waals surface area contributed by atoms with Gasteiger partial charge in [-0.3, -0.25) is 4.79 Å². The molecule has 4 nitrogen and oxygen atoms in total. The zero-order valence-corrected chi connectivity index (χ0v) is 12.0. The van der Waals surface area contributed by atoms with Gasteiger partial charge in [-0.2, -0.15) is 0 Å². The smallest absolute Gasteiger partial charge is 0.209 e. The molecule has 0 radical (unpaired) electrons. The first-order chi connectivity index (χ1) is 9.26. The second kappa shape index (κ2) is 5.17. The lowest BCUT2D eigenvalue weighted by Gasteiger charge is -2.33. The van der Waals surface area contributed by atoms with E-state index in [9.17, 15) is 4.79 Å². The normalized spacial score (nSPS) is 15.8. The number of aromatic nitrogens is 1. The van der Waals surface area contributed by atoms with Gasteiger partial charge in [-0.25, -0.2) is 4.98 Å². The standard InChI is InChI=1S/C14H14BrN3O/c15-12-2-3-13-11(9-12)1-4-14(16-13)18-7-5-17(10-19)6-8-18/h1-4,9-10H,5-8H2. The first kappa shape index (κ1) is 12.4. The van der Waals surface area contributed by atoms with Gasteiger partial charge < -0.3 is 9.80 Å². The van der Waals surface area contributed by atoms with E-state index in [1.54, 1.807) is 4.90 Å². The zero-order valence-electron chi connectivity index (χ0n) is 10.4. The molecule has 0 N–H and O–H groups in total. The number of nitrogens with zero attached hydrogens (tertiary/aromatic N) is 3. The number of carbonyl (C=O) groups is 1. The molecule has 0 saturated carbocycles. The number of rotatable bonds is 2. The topological polar surface area (TPSA) is 36.4 Å². The summed E-state index contributed by atoms with van der Waals surface area (Å²) in [5.41, 5.74) is 0.999. The Morgan fingerprint density at radius 2 is 1.89 bits per heavy atom. The average Bonchev–Trinajstić information content (AvgIpc) is 2.47. The molecule has 2 heterocycles. The van der Waals surface area contributed by atoms with Crippen LogP contribution < -0.4 is 4.90 Å². The number of amides is 1. The lowest BCUT2D eigenvalue weighted by Crippen LogP contribution is -2.46. The van der Waals surface area contributed by atoms with Crippen molar-refractivity contribution < 1.29 is 4.79 Å². The molecule has 1 aromatic carbocycles. The van der Waals surface area contributed by atoms with Gasteiger partial charge in [0.1, 0.15) is 5.82 Å². The minimum atomic E-state index is 0.767. The Morgan fingerprint density at radius 3 is 2.63 bits per heavy atom. The second-order valence-corrected chi connectivity index (χ2v) is 5.55. The summed E-state index contributed by atoms with van der Waals surface area (Å²) in [7, 11) is 0. The Morgan fingerprint density at radius 1 is 1.11 bits per heavy atom. The molecule has 0 aliphatic carbocycles. The molecule has 19 heavy (non-hydrogen) atoms. The van der Waals surface area contributed by atoms with Crippen LogP contribution in [0.25, 0.3) is 10.9 Å². The number of carbonyl (C=O) groups excluding carboxylic acids is 1. The Kier molecular flexibility index (Phi) is 3.38. The number of anilines is 1. The Labute approximate surface area is 120 Å². The van der Waals surface area contributed by atoms with Gasteiger partial charge in [0.25, 0.3) is 0 Å². The van der Waals surface area contributed by atoms with Crippen molar-refractivity contribution in [3.63, 3.8) is 0 Å². The number of piperazine rings is 1. The number of benzene rings is 1. The summed E-state index contributed by atoms with van der Waals surface area (Å²) in [6.45, 7) is 3.22. The van der Waals surface area contributed by atoms with Crippen molar-refractivity contribution in [2.45, 2.75) is 0 Å². The van der Waals surface area contributed by atoms with Gasteiger partial charge in [0.05, 0.1) is 5.52 Å². The Balaban J connectivity index is 1.85. The van der Waals surface area contributed by atoms with E-state index in [-0.39, 0.29) is 0 Å². The summed E-state index contributed by atoms with van der Waals surface area (Å²) in [5.74, 6) is 0.986. The molecule has 1 aromatic heterocycles. The highest BCUT2D eigenvalue weighted by Crippen LogP contribution is 2.22. The van der Waals surface area contributed by atoms with Crippen LogP contribution in [-0.4, -0.2) is 42.5 Å². The molecule has 0 atom stereocenters. The molecule has 0 unspecified atom stereocenters. The maximum absolute atomic E-state index is 10.7. The van der Waals surface area contributed by atoms with Crippen molar-refractivity contribution in [1.82, 2.24) is 9.88 Å². The molecule has 1 amide bonds. The SMILES string of the molecule is O=CN1CCN(c2ccc3cc(Br)ccc3n2)CC1. The molecule has 0 bridgehead atoms. The number of pyridine rings is 1. The van der Waals surface area contributed by atoms with Gasteiger partial charge in [-0.05, 0) is 30.3 Å². The molecule has 1 aliphatic rings. The fourth-order valence-electron chi connectivity index (χ4n) is 2.32. The van der Waals surface area contributed by atoms with Crippen LogP contribution in [-0.2, 0) is 4.79 Å². The molecule has 5 heteroatoms. The van der Waals surface area contributed by atoms with Gasteiger partial charge in [-0.15, -0.1) is 0 Å². The van der Waals surface area contributed by atoms with E-state index >= 15 is 0 Å². The van der Waals surface area contributed by atoms with E-state index in [1.165, 1.54) is 0 Å². The van der Waals surface area contributed by atoms with Gasteiger partial charge in [0.15, 0.2) is 0 Å². The monoisotopic (exact) mass is 319 g/mol. The summed E-state index contributed by atoms with van der Waals surface area (Å²) < 4.78 is 1.06. The highest BCUT2D eigenvalue weighted by Gasteiger charge is 2.16. The van der Waals surface area contributed by atoms with Crippen LogP contribution in [0.2, 0.25) is 0 Å². The predicted octanol–water partition coefficient (Wildman–Crippen LogP) is 2.28. The van der Waals surface area contributed by atoms with Crippen molar-refractivity contribution >= 4 is 39.1 Å². The van der Waals surface area contributed by atoms with Crippen LogP contribution in [0.3, 0.4) is 0 Å². The van der Waals surface area contributed by atoms with Gasteiger partial charge >= 0.3 is 0 Å². The molecule has 1 fully saturated rings. The van der Waals surface area contributed by atoms with Crippen molar-refractivity contribution in [2.24, 2.45) is 0 Å². The van der Waals surface area contributed by atoms with Crippen molar-refractivity contribution in [3.05, 3.63) is 34.8 Å². The number of halogens is 1. The molecule has 1 aliphatic heterocycles. The second-order valence-electron chi connectivity index (χ2n) is 4.63. The fourth-order valence-corrected chi connectivity index (χ4v) is 2.70. The third-order valence-electron chi connectivity index (χ3n) is 3.42. The highest BCUT2D eigenvalue weighted by molar-refractivity contribution is 9.10. The number of hydrogen-bond acceptors (Lipinski definition) is 3. The summed E-state index contributed by atoms with van der Waals surface area (Å²) in [4.78, 5) is 19.4. The molecule has 98 valence electrons. The van der Waals surface area contributed by atoms with E-state index in [1.807, 2.05) is 18.2 Å². The Bertz CT molecular complexity index is 609. The van der Waals surface area contributed by atoms with E-state index in [2.05, 4.69) is 37.9 Å². The third-order valence-corrected chi connectivity index (χ3v) is 3.92. The molecular formula is C14H14BrN3O. The third kappa shape index (κ3) is 2.56. The zero-order chi connectivity index (χ0) is 13.2. The van der Waals surface area contributed by atoms with Crippen LogP contribution >= 0.6 is 15.9 Å². The van der Waals surface area contributed by atoms with Gasteiger partial charge in [-0.1, -0.05) is 15.9 Å². The Hall–Kier alpha value is -1.62. The largest absolute Gasteiger partial charge is 0.353 e. The molecular weight excluding hydrogens is 306 g/mol. The lowest BCUT2D eigenvalue weighted by atomic mass is 10.2. The minimum absolute atomic E-state index is 0.767. The van der Waals surface area contributed by atoms with Crippen LogP contribution in [0.4, 0.5) is 5.82 Å². The molecule has 2 aromatic rings. The minimum Gasteiger partial charge on any atom is -0.353 e. The van der Waals surface area contributed by atoms with E-state index < -0.39 is 0 Å². The first-order valence-corrected chi connectivity index (χ1v) is 7.06. The maximum Gasteiger partial charge on any atom is 0.209 e. The summed E-state index contributed by atoms with van der Waals surface area (Å²) >= 11 is 3.47. The van der Waals surface area contributed by atoms with Crippen LogP contribution in [0.5, 0.6) is 0 Å². The predicted molar refractivity (Wildman–Crippen MR) is 79.3 cm³/mol. The number of fused-ring (bicyclic) bond motifs is 1. The van der Waals surface area contributed by atoms with Gasteiger partial charge in [0, 0.05) is 36.0 Å². The average molecular weight is 320 g/mol. The molecule has 1 saturated heterocycles.